The van der Waals surface area contributed by atoms with Gasteiger partial charge in [0.2, 0.25) is 5.91 Å². The van der Waals surface area contributed by atoms with E-state index in [0.717, 1.165) is 41.2 Å². The van der Waals surface area contributed by atoms with E-state index in [1.54, 1.807) is 19.3 Å². The van der Waals surface area contributed by atoms with Crippen LogP contribution in [0.5, 0.6) is 5.75 Å². The van der Waals surface area contributed by atoms with E-state index in [4.69, 9.17) is 14.2 Å². The molecule has 1 aliphatic heterocycles. The summed E-state index contributed by atoms with van der Waals surface area (Å²) in [5.74, 6) is -0.923. The molecule has 0 bridgehead atoms. The lowest BCUT2D eigenvalue weighted by atomic mass is 9.89. The molecule has 2 aromatic carbocycles. The number of carbonyl (C=O) groups is 3. The van der Waals surface area contributed by atoms with Gasteiger partial charge in [0.05, 0.1) is 20.3 Å². The van der Waals surface area contributed by atoms with Gasteiger partial charge in [-0.05, 0) is 60.2 Å². The van der Waals surface area contributed by atoms with E-state index < -0.39 is 35.7 Å². The Hall–Kier alpha value is -4.11. The van der Waals surface area contributed by atoms with E-state index in [0.29, 0.717) is 25.0 Å². The number of nitrogens with zero attached hydrogens (tertiary/aromatic N) is 1. The molecule has 9 nitrogen and oxygen atoms in total. The van der Waals surface area contributed by atoms with Gasteiger partial charge in [-0.3, -0.25) is 4.79 Å². The summed E-state index contributed by atoms with van der Waals surface area (Å²) in [4.78, 5) is 40.9. The molecule has 9 heteroatoms. The summed E-state index contributed by atoms with van der Waals surface area (Å²) in [6.07, 6.45) is 8.89. The van der Waals surface area contributed by atoms with E-state index >= 15 is 0 Å². The summed E-state index contributed by atoms with van der Waals surface area (Å²) >= 11 is 0. The number of unbranched alkanes of at least 4 members (excludes halogenated alkanes) is 3. The predicted molar refractivity (Wildman–Crippen MR) is 177 cm³/mol. The minimum absolute atomic E-state index is 0.00529. The zero-order chi connectivity index (χ0) is 33.2. The molecular weight excluding hydrogens is 572 g/mol. The van der Waals surface area contributed by atoms with Gasteiger partial charge in [0.1, 0.15) is 23.4 Å². The number of methoxy groups -OCH3 is 2. The highest BCUT2D eigenvalue weighted by molar-refractivity contribution is 5.91. The van der Waals surface area contributed by atoms with E-state index in [9.17, 15) is 19.5 Å². The van der Waals surface area contributed by atoms with E-state index in [1.165, 1.54) is 12.0 Å². The van der Waals surface area contributed by atoms with E-state index in [2.05, 4.69) is 25.1 Å². The molecule has 0 unspecified atom stereocenters. The largest absolute Gasteiger partial charge is 0.496 e. The standard InChI is InChI=1S/C36H48N2O7/c1-8-11-12-13-14-15-29(37-34(42)45-24-35(4,5)18-9-2)32(39)38-23-36(44-7,22-30(38)33(40)41)28-17-16-26-21-31(43-6)25(10-3)19-27(26)20-28/h8-10,16-17,19-21,29-30H,1-3,11-15,18,22-24H2,4-7H3,(H,37,42)(H,40,41)/t29-,30-,36-/m0/s1. The van der Waals surface area contributed by atoms with Crippen molar-refractivity contribution < 1.29 is 33.7 Å². The molecule has 45 heavy (non-hydrogen) atoms. The van der Waals surface area contributed by atoms with Crippen LogP contribution in [0.4, 0.5) is 4.79 Å². The first-order valence-electron chi connectivity index (χ1n) is 15.4. The maximum Gasteiger partial charge on any atom is 0.407 e. The number of aliphatic carboxylic acids is 1. The van der Waals surface area contributed by atoms with Gasteiger partial charge in [0.25, 0.3) is 0 Å². The monoisotopic (exact) mass is 620 g/mol. The first kappa shape index (κ1) is 35.4. The van der Waals surface area contributed by atoms with E-state index in [1.807, 2.05) is 50.3 Å². The Morgan fingerprint density at radius 1 is 1.09 bits per heavy atom. The summed E-state index contributed by atoms with van der Waals surface area (Å²) in [7, 11) is 3.13. The quantitative estimate of drug-likeness (QED) is 0.147. The van der Waals surface area contributed by atoms with Crippen LogP contribution in [0.15, 0.2) is 62.2 Å². The summed E-state index contributed by atoms with van der Waals surface area (Å²) in [6.45, 7) is 15.4. The van der Waals surface area contributed by atoms with Crippen molar-refractivity contribution >= 4 is 34.8 Å². The van der Waals surface area contributed by atoms with Crippen LogP contribution in [0.3, 0.4) is 0 Å². The number of likely N-dealkylation sites (tertiary alicyclic amines) is 1. The molecule has 0 aliphatic carbocycles. The van der Waals surface area contributed by atoms with Crippen molar-refractivity contribution in [2.45, 2.75) is 76.5 Å². The SMILES string of the molecule is C=CCCCCC[C@H](NC(=O)OCC(C)(C)CC=C)C(=O)N1C[C@](OC)(c2ccc3cc(OC)c(C=C)cc3c2)C[C@H]1C(=O)O. The predicted octanol–water partition coefficient (Wildman–Crippen LogP) is 6.85. The van der Waals surface area contributed by atoms with Crippen LogP contribution in [0.1, 0.15) is 69.9 Å². The van der Waals surface area contributed by atoms with Crippen LogP contribution in [0, 0.1) is 5.41 Å². The van der Waals surface area contributed by atoms with Crippen molar-refractivity contribution in [3.05, 3.63) is 73.3 Å². The number of hydrogen-bond acceptors (Lipinski definition) is 6. The number of fused-ring (bicyclic) bond motifs is 1. The second-order valence-corrected chi connectivity index (χ2v) is 12.4. The van der Waals surface area contributed by atoms with Crippen molar-refractivity contribution in [2.24, 2.45) is 5.41 Å². The first-order chi connectivity index (χ1) is 21.4. The van der Waals surface area contributed by atoms with Crippen LogP contribution in [0.2, 0.25) is 0 Å². The highest BCUT2D eigenvalue weighted by atomic mass is 16.5. The molecular formula is C36H48N2O7. The zero-order valence-electron chi connectivity index (χ0n) is 27.1. The second kappa shape index (κ2) is 15.8. The molecule has 0 aromatic heterocycles. The molecule has 0 saturated carbocycles. The Kier molecular flexibility index (Phi) is 12.4. The number of amides is 2. The molecule has 244 valence electrons. The van der Waals surface area contributed by atoms with Gasteiger partial charge < -0.3 is 29.5 Å². The van der Waals surface area contributed by atoms with Crippen LogP contribution in [0.25, 0.3) is 16.8 Å². The molecule has 1 heterocycles. The molecule has 1 fully saturated rings. The third-order valence-corrected chi connectivity index (χ3v) is 8.50. The van der Waals surface area contributed by atoms with Gasteiger partial charge in [-0.2, -0.15) is 0 Å². The number of carboxylic acid groups (broad SMARTS) is 1. The summed E-state index contributed by atoms with van der Waals surface area (Å²) in [5.41, 5.74) is 0.173. The van der Waals surface area contributed by atoms with Crippen LogP contribution < -0.4 is 10.1 Å². The van der Waals surface area contributed by atoms with Crippen LogP contribution in [-0.4, -0.2) is 67.4 Å². The smallest absolute Gasteiger partial charge is 0.407 e. The van der Waals surface area contributed by atoms with Crippen LogP contribution in [-0.2, 0) is 24.7 Å². The van der Waals surface area contributed by atoms with Gasteiger partial charge in [0, 0.05) is 24.5 Å². The third kappa shape index (κ3) is 8.75. The number of rotatable bonds is 17. The molecule has 0 radical (unpaired) electrons. The lowest BCUT2D eigenvalue weighted by Gasteiger charge is -2.30. The minimum atomic E-state index is -1.15. The lowest BCUT2D eigenvalue weighted by molar-refractivity contribution is -0.149. The Labute approximate surface area is 266 Å². The van der Waals surface area contributed by atoms with Gasteiger partial charge in [-0.15, -0.1) is 13.2 Å². The third-order valence-electron chi connectivity index (χ3n) is 8.50. The Morgan fingerprint density at radius 2 is 1.84 bits per heavy atom. The first-order valence-corrected chi connectivity index (χ1v) is 15.4. The second-order valence-electron chi connectivity index (χ2n) is 12.4. The minimum Gasteiger partial charge on any atom is -0.496 e. The summed E-state index contributed by atoms with van der Waals surface area (Å²) in [5, 5.41) is 14.8. The number of benzene rings is 2. The van der Waals surface area contributed by atoms with Gasteiger partial charge in [-0.1, -0.05) is 63.6 Å². The molecule has 3 rings (SSSR count). The highest BCUT2D eigenvalue weighted by Crippen LogP contribution is 2.41. The number of allylic oxidation sites excluding steroid dienone is 2. The van der Waals surface area contributed by atoms with Gasteiger partial charge in [0.15, 0.2) is 0 Å². The summed E-state index contributed by atoms with van der Waals surface area (Å²) in [6, 6.07) is 7.54. The number of ether oxygens (including phenoxy) is 3. The molecule has 2 amide bonds. The Balaban J connectivity index is 1.91. The Morgan fingerprint density at radius 3 is 2.47 bits per heavy atom. The number of carboxylic acids is 1. The number of alkyl carbamates (subject to hydrolysis) is 1. The topological polar surface area (TPSA) is 114 Å². The van der Waals surface area contributed by atoms with Crippen LogP contribution >= 0.6 is 0 Å². The molecule has 1 aliphatic rings. The molecule has 2 N–H and O–H groups in total. The fraction of sp³-hybridized carbons (Fsp3) is 0.472. The maximum absolute atomic E-state index is 14.1. The Bertz CT molecular complexity index is 1400. The van der Waals surface area contributed by atoms with Crippen molar-refractivity contribution in [1.29, 1.82) is 0 Å². The normalized spacial score (nSPS) is 18.7. The molecule has 2 aromatic rings. The van der Waals surface area contributed by atoms with E-state index in [-0.39, 0.29) is 25.0 Å². The number of nitrogens with one attached hydrogen (secondary N) is 1. The average molecular weight is 621 g/mol. The number of hydrogen-bond donors (Lipinski definition) is 2. The van der Waals surface area contributed by atoms with Gasteiger partial charge >= 0.3 is 12.1 Å². The molecule has 1 saturated heterocycles. The lowest BCUT2D eigenvalue weighted by Crippen LogP contribution is -2.52. The van der Waals surface area contributed by atoms with Crippen molar-refractivity contribution in [3.8, 4) is 5.75 Å². The maximum atomic E-state index is 14.1. The van der Waals surface area contributed by atoms with Crippen molar-refractivity contribution in [1.82, 2.24) is 10.2 Å². The molecule has 0 spiro atoms. The fourth-order valence-corrected chi connectivity index (χ4v) is 5.88. The van der Waals surface area contributed by atoms with Crippen molar-refractivity contribution in [2.75, 3.05) is 27.4 Å². The van der Waals surface area contributed by atoms with Crippen molar-refractivity contribution in [3.63, 3.8) is 0 Å². The zero-order valence-corrected chi connectivity index (χ0v) is 27.1. The highest BCUT2D eigenvalue weighted by Gasteiger charge is 2.51. The number of carbonyl (C=O) groups excluding carboxylic acids is 2. The molecule has 3 atom stereocenters. The fourth-order valence-electron chi connectivity index (χ4n) is 5.88. The van der Waals surface area contributed by atoms with Gasteiger partial charge in [-0.25, -0.2) is 9.59 Å². The average Bonchev–Trinajstić information content (AvgIpc) is 3.43. The summed E-state index contributed by atoms with van der Waals surface area (Å²) < 4.78 is 17.0.